The average molecular weight is 595 g/mol. The highest BCUT2D eigenvalue weighted by atomic mass is 32.2. The second kappa shape index (κ2) is 12.9. The fraction of sp³-hybridized carbons (Fsp3) is 0.500. The van der Waals surface area contributed by atoms with Gasteiger partial charge in [-0.3, -0.25) is 4.79 Å². The lowest BCUT2D eigenvalue weighted by molar-refractivity contribution is -0.158. The van der Waals surface area contributed by atoms with E-state index in [-0.39, 0.29) is 6.07 Å². The summed E-state index contributed by atoms with van der Waals surface area (Å²) in [6, 6.07) is 4.67. The van der Waals surface area contributed by atoms with Gasteiger partial charge in [-0.1, -0.05) is 24.3 Å². The molecule has 0 spiro atoms. The first kappa shape index (κ1) is 31.8. The fourth-order valence-electron chi connectivity index (χ4n) is 4.42. The van der Waals surface area contributed by atoms with Crippen molar-refractivity contribution in [3.8, 4) is 0 Å². The van der Waals surface area contributed by atoms with Crippen molar-refractivity contribution < 1.29 is 39.6 Å². The van der Waals surface area contributed by atoms with Gasteiger partial charge in [0.05, 0.1) is 22.9 Å². The molecule has 0 unspecified atom stereocenters. The number of likely N-dealkylation sites (N-methyl/N-ethyl adjacent to an activating group) is 1. The number of nitrogens with one attached hydrogen (secondary N) is 3. The SMILES string of the molecule is CN(C)CCNCc1ccc2c(c1)CCC[C@H]2NC(=O)C[C@H](NS(=O)(=O)c1cccc(C(F)(F)F)c1)C(F)(F)F. The third-order valence-electron chi connectivity index (χ3n) is 6.48. The molecular weight excluding hydrogens is 562 g/mol. The molecule has 1 aliphatic carbocycles. The first-order valence-electron chi connectivity index (χ1n) is 12.6. The van der Waals surface area contributed by atoms with Crippen LogP contribution in [0.2, 0.25) is 0 Å². The third-order valence-corrected chi connectivity index (χ3v) is 7.94. The lowest BCUT2D eigenvalue weighted by Crippen LogP contribution is -2.48. The number of carbonyl (C=O) groups excluding carboxylic acids is 1. The van der Waals surface area contributed by atoms with Crippen LogP contribution in [0, 0.1) is 0 Å². The highest BCUT2D eigenvalue weighted by molar-refractivity contribution is 7.89. The van der Waals surface area contributed by atoms with Crippen LogP contribution in [0.4, 0.5) is 26.3 Å². The average Bonchev–Trinajstić information content (AvgIpc) is 2.85. The van der Waals surface area contributed by atoms with Crippen molar-refractivity contribution in [3.05, 3.63) is 64.7 Å². The normalized spacial score (nSPS) is 17.0. The number of fused-ring (bicyclic) bond motifs is 1. The van der Waals surface area contributed by atoms with Gasteiger partial charge in [-0.25, -0.2) is 8.42 Å². The molecule has 3 N–H and O–H groups in total. The van der Waals surface area contributed by atoms with Crippen molar-refractivity contribution in [1.29, 1.82) is 0 Å². The second-order valence-corrected chi connectivity index (χ2v) is 11.7. The molecule has 0 bridgehead atoms. The summed E-state index contributed by atoms with van der Waals surface area (Å²) in [6.07, 6.45) is -9.41. The Labute approximate surface area is 229 Å². The van der Waals surface area contributed by atoms with E-state index in [2.05, 4.69) is 10.6 Å². The smallest absolute Gasteiger partial charge is 0.349 e. The van der Waals surface area contributed by atoms with Gasteiger partial charge < -0.3 is 15.5 Å². The van der Waals surface area contributed by atoms with Crippen molar-refractivity contribution in [2.45, 2.75) is 61.6 Å². The Kier molecular flexibility index (Phi) is 10.3. The van der Waals surface area contributed by atoms with E-state index in [0.717, 1.165) is 48.3 Å². The van der Waals surface area contributed by atoms with Crippen LogP contribution in [0.3, 0.4) is 0 Å². The van der Waals surface area contributed by atoms with Gasteiger partial charge in [-0.2, -0.15) is 31.1 Å². The number of nitrogens with zero attached hydrogens (tertiary/aromatic N) is 1. The summed E-state index contributed by atoms with van der Waals surface area (Å²) in [5.41, 5.74) is 1.46. The van der Waals surface area contributed by atoms with Crippen LogP contribution in [0.25, 0.3) is 0 Å². The van der Waals surface area contributed by atoms with Crippen LogP contribution in [0.5, 0.6) is 0 Å². The zero-order valence-electron chi connectivity index (χ0n) is 22.0. The van der Waals surface area contributed by atoms with E-state index < -0.39 is 57.2 Å². The van der Waals surface area contributed by atoms with E-state index in [1.54, 1.807) is 0 Å². The molecule has 0 saturated heterocycles. The summed E-state index contributed by atoms with van der Waals surface area (Å²) in [5.74, 6) is -1.04. The van der Waals surface area contributed by atoms with Crippen LogP contribution in [0.1, 0.15) is 47.6 Å². The minimum Gasteiger partial charge on any atom is -0.349 e. The standard InChI is InChI=1S/C26H32F6N4O3S/c1-36(2)12-11-33-16-17-9-10-21-18(13-17)5-3-8-22(21)34-24(37)15-23(26(30,31)32)35-40(38,39)20-7-4-6-19(14-20)25(27,28)29/h4,6-7,9-10,13-14,22-23,33,35H,3,5,8,11-12,15-16H2,1-2H3,(H,34,37)/t22-,23+/m1/s1. The Hall–Kier alpha value is -2.68. The van der Waals surface area contributed by atoms with E-state index in [9.17, 15) is 39.6 Å². The summed E-state index contributed by atoms with van der Waals surface area (Å²) >= 11 is 0. The van der Waals surface area contributed by atoms with E-state index in [1.807, 2.05) is 37.2 Å². The van der Waals surface area contributed by atoms with Crippen LogP contribution in [0.15, 0.2) is 47.4 Å². The number of hydrogen-bond acceptors (Lipinski definition) is 5. The van der Waals surface area contributed by atoms with Crippen LogP contribution in [-0.2, 0) is 34.0 Å². The Balaban J connectivity index is 1.69. The largest absolute Gasteiger partial charge is 0.416 e. The maximum atomic E-state index is 13.7. The molecule has 0 radical (unpaired) electrons. The molecule has 14 heteroatoms. The molecule has 0 aliphatic heterocycles. The second-order valence-electron chi connectivity index (χ2n) is 9.97. The van der Waals surface area contributed by atoms with E-state index in [4.69, 9.17) is 0 Å². The van der Waals surface area contributed by atoms with Gasteiger partial charge in [0.2, 0.25) is 15.9 Å². The Morgan fingerprint density at radius 1 is 1.07 bits per heavy atom. The fourth-order valence-corrected chi connectivity index (χ4v) is 5.69. The number of amides is 1. The number of sulfonamides is 1. The van der Waals surface area contributed by atoms with Crippen LogP contribution in [-0.4, -0.2) is 58.6 Å². The first-order valence-corrected chi connectivity index (χ1v) is 14.1. The van der Waals surface area contributed by atoms with Gasteiger partial charge in [0.1, 0.15) is 6.04 Å². The minimum absolute atomic E-state index is 0.237. The number of rotatable bonds is 11. The van der Waals surface area contributed by atoms with Crippen molar-refractivity contribution >= 4 is 15.9 Å². The van der Waals surface area contributed by atoms with Gasteiger partial charge in [0.15, 0.2) is 0 Å². The molecule has 0 fully saturated rings. The summed E-state index contributed by atoms with van der Waals surface area (Å²) < 4.78 is 107. The molecule has 40 heavy (non-hydrogen) atoms. The number of hydrogen-bond donors (Lipinski definition) is 3. The van der Waals surface area contributed by atoms with Crippen molar-refractivity contribution in [3.63, 3.8) is 0 Å². The quantitative estimate of drug-likeness (QED) is 0.269. The molecule has 0 saturated carbocycles. The summed E-state index contributed by atoms with van der Waals surface area (Å²) in [5, 5.41) is 5.90. The number of halogens is 6. The Morgan fingerprint density at radius 2 is 1.80 bits per heavy atom. The minimum atomic E-state index is -5.18. The molecule has 7 nitrogen and oxygen atoms in total. The molecule has 1 amide bonds. The predicted molar refractivity (Wildman–Crippen MR) is 137 cm³/mol. The number of benzene rings is 2. The van der Waals surface area contributed by atoms with Crippen molar-refractivity contribution in [2.75, 3.05) is 27.2 Å². The molecule has 3 rings (SSSR count). The summed E-state index contributed by atoms with van der Waals surface area (Å²) in [7, 11) is -1.09. The third kappa shape index (κ3) is 8.91. The van der Waals surface area contributed by atoms with Crippen LogP contribution >= 0.6 is 0 Å². The van der Waals surface area contributed by atoms with Gasteiger partial charge in [-0.15, -0.1) is 0 Å². The summed E-state index contributed by atoms with van der Waals surface area (Å²) in [6.45, 7) is 2.30. The molecular formula is C26H32F6N4O3S. The topological polar surface area (TPSA) is 90.5 Å². The molecule has 2 atom stereocenters. The van der Waals surface area contributed by atoms with Gasteiger partial charge in [0, 0.05) is 19.6 Å². The highest BCUT2D eigenvalue weighted by Crippen LogP contribution is 2.33. The Morgan fingerprint density at radius 3 is 2.45 bits per heavy atom. The molecule has 2 aromatic carbocycles. The number of aryl methyl sites for hydroxylation is 1. The zero-order chi connectivity index (χ0) is 29.7. The van der Waals surface area contributed by atoms with Gasteiger partial charge in [0.25, 0.3) is 0 Å². The molecule has 0 aromatic heterocycles. The maximum absolute atomic E-state index is 13.7. The molecule has 222 valence electrons. The maximum Gasteiger partial charge on any atom is 0.416 e. The van der Waals surface area contributed by atoms with E-state index in [0.29, 0.717) is 25.5 Å². The first-order chi connectivity index (χ1) is 18.6. The Bertz CT molecular complexity index is 1280. The number of alkyl halides is 6. The van der Waals surface area contributed by atoms with Gasteiger partial charge >= 0.3 is 12.4 Å². The molecule has 0 heterocycles. The molecule has 1 aliphatic rings. The van der Waals surface area contributed by atoms with E-state index in [1.165, 1.54) is 4.72 Å². The lowest BCUT2D eigenvalue weighted by Gasteiger charge is -2.28. The van der Waals surface area contributed by atoms with Gasteiger partial charge in [-0.05, 0) is 68.2 Å². The lowest BCUT2D eigenvalue weighted by atomic mass is 9.86. The molecule has 2 aromatic rings. The zero-order valence-corrected chi connectivity index (χ0v) is 22.8. The summed E-state index contributed by atoms with van der Waals surface area (Å²) in [4.78, 5) is 13.7. The monoisotopic (exact) mass is 594 g/mol. The van der Waals surface area contributed by atoms with E-state index >= 15 is 0 Å². The van der Waals surface area contributed by atoms with Crippen molar-refractivity contribution in [1.82, 2.24) is 20.3 Å². The highest BCUT2D eigenvalue weighted by Gasteiger charge is 2.44. The predicted octanol–water partition coefficient (Wildman–Crippen LogP) is 4.15. The van der Waals surface area contributed by atoms with Crippen molar-refractivity contribution in [2.24, 2.45) is 0 Å². The number of carbonyl (C=O) groups is 1. The van der Waals surface area contributed by atoms with Crippen LogP contribution < -0.4 is 15.4 Å².